The smallest absolute Gasteiger partial charge is 0.307 e. The summed E-state index contributed by atoms with van der Waals surface area (Å²) in [7, 11) is 0. The Labute approximate surface area is 201 Å². The van der Waals surface area contributed by atoms with Crippen molar-refractivity contribution in [3.05, 3.63) is 35.9 Å². The fourth-order valence-corrected chi connectivity index (χ4v) is 4.24. The standard InChI is InChI=1S/C25H37NO8/c1-5-29-19(27)13-10-14-26-18(15-20(28)30-6-2)21-22(31-16-17-11-8-7-9-12-17)23-24(32-21)34-25(3,4)33-23/h7-9,11-12,18,21-24,26H,5-6,10,13-16H2,1-4H3/t18?,21-,22+,23-,24-/m1/s1. The number of rotatable bonds is 13. The summed E-state index contributed by atoms with van der Waals surface area (Å²) >= 11 is 0. The summed E-state index contributed by atoms with van der Waals surface area (Å²) in [6.07, 6.45) is -1.08. The SMILES string of the molecule is CCOC(=O)CCCNC(CC(=O)OCC)[C@H]1O[C@@H]2OC(C)(C)O[C@@H]2[C@H]1OCc1ccccc1. The molecule has 9 heteroatoms. The van der Waals surface area contributed by atoms with Crippen molar-refractivity contribution >= 4 is 11.9 Å². The molecule has 9 nitrogen and oxygen atoms in total. The highest BCUT2D eigenvalue weighted by atomic mass is 16.8. The highest BCUT2D eigenvalue weighted by Gasteiger charge is 2.57. The summed E-state index contributed by atoms with van der Waals surface area (Å²) in [5.41, 5.74) is 1.02. The van der Waals surface area contributed by atoms with Crippen molar-refractivity contribution < 1.29 is 38.0 Å². The quantitative estimate of drug-likeness (QED) is 0.338. The molecule has 2 saturated heterocycles. The van der Waals surface area contributed by atoms with Gasteiger partial charge in [0.05, 0.1) is 26.2 Å². The first-order valence-electron chi connectivity index (χ1n) is 12.0. The van der Waals surface area contributed by atoms with Gasteiger partial charge in [-0.25, -0.2) is 0 Å². The van der Waals surface area contributed by atoms with E-state index in [0.717, 1.165) is 5.56 Å². The summed E-state index contributed by atoms with van der Waals surface area (Å²) in [6, 6.07) is 9.42. The van der Waals surface area contributed by atoms with Crippen molar-refractivity contribution in [2.45, 2.75) is 90.0 Å². The van der Waals surface area contributed by atoms with Crippen LogP contribution in [0.25, 0.3) is 0 Å². The molecule has 0 bridgehead atoms. The summed E-state index contributed by atoms with van der Waals surface area (Å²) < 4.78 is 34.8. The molecule has 0 amide bonds. The Morgan fingerprint density at radius 1 is 1.06 bits per heavy atom. The molecule has 1 N–H and O–H groups in total. The van der Waals surface area contributed by atoms with E-state index >= 15 is 0 Å². The van der Waals surface area contributed by atoms with Crippen LogP contribution >= 0.6 is 0 Å². The summed E-state index contributed by atoms with van der Waals surface area (Å²) in [6.45, 7) is 8.73. The second-order valence-corrected chi connectivity index (χ2v) is 8.81. The minimum atomic E-state index is -0.793. The third kappa shape index (κ3) is 7.48. The van der Waals surface area contributed by atoms with Gasteiger partial charge >= 0.3 is 11.9 Å². The Balaban J connectivity index is 1.70. The molecule has 2 aliphatic heterocycles. The van der Waals surface area contributed by atoms with E-state index in [9.17, 15) is 9.59 Å². The van der Waals surface area contributed by atoms with Crippen molar-refractivity contribution in [2.24, 2.45) is 0 Å². The second kappa shape index (κ2) is 12.6. The first kappa shape index (κ1) is 26.6. The van der Waals surface area contributed by atoms with Crippen LogP contribution in [0.3, 0.4) is 0 Å². The minimum absolute atomic E-state index is 0.0892. The first-order chi connectivity index (χ1) is 16.3. The lowest BCUT2D eigenvalue weighted by Crippen LogP contribution is -2.50. The zero-order valence-electron chi connectivity index (χ0n) is 20.5. The van der Waals surface area contributed by atoms with Crippen LogP contribution in [-0.2, 0) is 44.6 Å². The van der Waals surface area contributed by atoms with Gasteiger partial charge in [0.15, 0.2) is 12.1 Å². The van der Waals surface area contributed by atoms with Crippen molar-refractivity contribution in [3.8, 4) is 0 Å². The molecule has 1 unspecified atom stereocenters. The second-order valence-electron chi connectivity index (χ2n) is 8.81. The van der Waals surface area contributed by atoms with E-state index in [1.165, 1.54) is 0 Å². The monoisotopic (exact) mass is 479 g/mol. The van der Waals surface area contributed by atoms with Crippen molar-refractivity contribution in [3.63, 3.8) is 0 Å². The fraction of sp³-hybridized carbons (Fsp3) is 0.680. The number of carbonyl (C=O) groups excluding carboxylic acids is 2. The molecule has 2 fully saturated rings. The van der Waals surface area contributed by atoms with Crippen LogP contribution in [0.1, 0.15) is 52.5 Å². The Morgan fingerprint density at radius 3 is 2.47 bits per heavy atom. The maximum Gasteiger partial charge on any atom is 0.307 e. The lowest BCUT2D eigenvalue weighted by Gasteiger charge is -2.31. The third-order valence-corrected chi connectivity index (χ3v) is 5.67. The third-order valence-electron chi connectivity index (χ3n) is 5.67. The van der Waals surface area contributed by atoms with Gasteiger partial charge < -0.3 is 33.7 Å². The molecular weight excluding hydrogens is 442 g/mol. The van der Waals surface area contributed by atoms with E-state index in [-0.39, 0.29) is 24.8 Å². The van der Waals surface area contributed by atoms with Crippen LogP contribution in [0.15, 0.2) is 30.3 Å². The van der Waals surface area contributed by atoms with Crippen molar-refractivity contribution in [2.75, 3.05) is 19.8 Å². The molecule has 5 atom stereocenters. The molecule has 0 radical (unpaired) electrons. The minimum Gasteiger partial charge on any atom is -0.466 e. The van der Waals surface area contributed by atoms with E-state index in [4.69, 9.17) is 28.4 Å². The summed E-state index contributed by atoms with van der Waals surface area (Å²) in [5.74, 6) is -1.38. The average Bonchev–Trinajstić information content (AvgIpc) is 3.27. The highest BCUT2D eigenvalue weighted by Crippen LogP contribution is 2.40. The van der Waals surface area contributed by atoms with Gasteiger partial charge in [0, 0.05) is 12.5 Å². The molecular formula is C25H37NO8. The predicted molar refractivity (Wildman–Crippen MR) is 123 cm³/mol. The van der Waals surface area contributed by atoms with Crippen molar-refractivity contribution in [1.29, 1.82) is 0 Å². The molecule has 0 spiro atoms. The van der Waals surface area contributed by atoms with Gasteiger partial charge in [-0.15, -0.1) is 0 Å². The molecule has 0 saturated carbocycles. The molecule has 1 aromatic carbocycles. The van der Waals surface area contributed by atoms with Crippen LogP contribution in [0, 0.1) is 0 Å². The summed E-state index contributed by atoms with van der Waals surface area (Å²) in [5, 5.41) is 3.36. The number of esters is 2. The highest BCUT2D eigenvalue weighted by molar-refractivity contribution is 5.70. The van der Waals surface area contributed by atoms with Crippen LogP contribution < -0.4 is 5.32 Å². The number of hydrogen-bond donors (Lipinski definition) is 1. The van der Waals surface area contributed by atoms with Gasteiger partial charge in [0.25, 0.3) is 0 Å². The number of fused-ring (bicyclic) bond motifs is 1. The fourth-order valence-electron chi connectivity index (χ4n) is 4.24. The van der Waals surface area contributed by atoms with Gasteiger partial charge in [0.1, 0.15) is 18.3 Å². The topological polar surface area (TPSA) is 102 Å². The number of benzene rings is 1. The lowest BCUT2D eigenvalue weighted by molar-refractivity contribution is -0.223. The molecule has 0 aliphatic carbocycles. The normalized spacial score (nSPS) is 26.1. The zero-order valence-corrected chi connectivity index (χ0v) is 20.5. The number of hydrogen-bond acceptors (Lipinski definition) is 9. The molecule has 1 aromatic rings. The maximum absolute atomic E-state index is 12.4. The van der Waals surface area contributed by atoms with E-state index in [0.29, 0.717) is 32.8 Å². The first-order valence-corrected chi connectivity index (χ1v) is 12.0. The number of ether oxygens (including phenoxy) is 6. The Morgan fingerprint density at radius 2 is 1.76 bits per heavy atom. The van der Waals surface area contributed by atoms with Crippen LogP contribution in [0.4, 0.5) is 0 Å². The summed E-state index contributed by atoms with van der Waals surface area (Å²) in [4.78, 5) is 24.0. The van der Waals surface area contributed by atoms with Gasteiger partial charge in [-0.2, -0.15) is 0 Å². The molecule has 2 aliphatic rings. The van der Waals surface area contributed by atoms with E-state index in [1.807, 2.05) is 44.2 Å². The van der Waals surface area contributed by atoms with E-state index < -0.39 is 36.4 Å². The van der Waals surface area contributed by atoms with E-state index in [1.54, 1.807) is 13.8 Å². The van der Waals surface area contributed by atoms with E-state index in [2.05, 4.69) is 5.32 Å². The number of carbonyl (C=O) groups is 2. The molecule has 0 aromatic heterocycles. The van der Waals surface area contributed by atoms with Crippen LogP contribution in [-0.4, -0.2) is 68.1 Å². The molecule has 2 heterocycles. The van der Waals surface area contributed by atoms with Crippen LogP contribution in [0.2, 0.25) is 0 Å². The molecule has 3 rings (SSSR count). The Kier molecular flexibility index (Phi) is 9.85. The van der Waals surface area contributed by atoms with Gasteiger partial charge in [-0.05, 0) is 46.2 Å². The lowest BCUT2D eigenvalue weighted by atomic mass is 10.00. The van der Waals surface area contributed by atoms with Gasteiger partial charge in [-0.1, -0.05) is 30.3 Å². The Bertz CT molecular complexity index is 786. The Hall–Kier alpha value is -2.04. The predicted octanol–water partition coefficient (Wildman–Crippen LogP) is 2.70. The zero-order chi connectivity index (χ0) is 24.6. The molecule has 34 heavy (non-hydrogen) atoms. The number of nitrogens with one attached hydrogen (secondary N) is 1. The maximum atomic E-state index is 12.4. The molecule has 190 valence electrons. The van der Waals surface area contributed by atoms with Gasteiger partial charge in [0.2, 0.25) is 0 Å². The van der Waals surface area contributed by atoms with Crippen LogP contribution in [0.5, 0.6) is 0 Å². The van der Waals surface area contributed by atoms with Gasteiger partial charge in [-0.3, -0.25) is 9.59 Å². The largest absolute Gasteiger partial charge is 0.466 e. The van der Waals surface area contributed by atoms with Crippen molar-refractivity contribution in [1.82, 2.24) is 5.32 Å². The average molecular weight is 480 g/mol.